The van der Waals surface area contributed by atoms with Gasteiger partial charge in [0.25, 0.3) is 10.0 Å². The summed E-state index contributed by atoms with van der Waals surface area (Å²) < 4.78 is 64.7. The fourth-order valence-corrected chi connectivity index (χ4v) is 4.35. The van der Waals surface area contributed by atoms with Crippen molar-refractivity contribution in [2.75, 3.05) is 0 Å². The second-order valence-corrected chi connectivity index (χ2v) is 8.76. The highest BCUT2D eigenvalue weighted by Gasteiger charge is 2.30. The van der Waals surface area contributed by atoms with Crippen molar-refractivity contribution < 1.29 is 26.4 Å². The molecular weight excluding hydrogens is 425 g/mol. The fraction of sp³-hybridized carbons (Fsp3) is 0.158. The van der Waals surface area contributed by atoms with Crippen LogP contribution in [0.25, 0.3) is 10.6 Å². The normalized spacial score (nSPS) is 12.0. The molecule has 1 N–H and O–H groups in total. The number of rotatable bonds is 5. The van der Waals surface area contributed by atoms with Crippen LogP contribution in [-0.4, -0.2) is 19.3 Å². The molecule has 0 spiro atoms. The van der Waals surface area contributed by atoms with Crippen LogP contribution in [0.1, 0.15) is 16.8 Å². The molecule has 0 saturated carbocycles. The van der Waals surface area contributed by atoms with E-state index in [1.807, 2.05) is 17.0 Å². The maximum Gasteiger partial charge on any atom is 0.416 e. The van der Waals surface area contributed by atoms with Crippen molar-refractivity contribution in [2.45, 2.75) is 24.4 Å². The Morgan fingerprint density at radius 2 is 1.83 bits per heavy atom. The number of aryl methyl sites for hydroxylation is 1. The van der Waals surface area contributed by atoms with Crippen LogP contribution in [0.5, 0.6) is 0 Å². The number of hydrogen-bond acceptors (Lipinski definition) is 5. The van der Waals surface area contributed by atoms with Crippen LogP contribution in [0.15, 0.2) is 58.8 Å². The van der Waals surface area contributed by atoms with Crippen molar-refractivity contribution in [3.63, 3.8) is 0 Å². The molecule has 0 radical (unpaired) electrons. The van der Waals surface area contributed by atoms with Gasteiger partial charge in [0.15, 0.2) is 0 Å². The van der Waals surface area contributed by atoms with Crippen molar-refractivity contribution in [3.8, 4) is 10.6 Å². The number of nitrogens with one attached hydrogen (secondary N) is 1. The van der Waals surface area contributed by atoms with Crippen molar-refractivity contribution in [1.29, 1.82) is 0 Å². The van der Waals surface area contributed by atoms with Gasteiger partial charge in [0, 0.05) is 16.6 Å². The zero-order valence-corrected chi connectivity index (χ0v) is 16.7. The summed E-state index contributed by atoms with van der Waals surface area (Å²) in [7, 11) is -4.14. The topological polar surface area (TPSA) is 76.1 Å². The molecule has 1 aromatic heterocycles. The second-order valence-electron chi connectivity index (χ2n) is 6.22. The lowest BCUT2D eigenvalue weighted by Gasteiger charge is -2.09. The van der Waals surface area contributed by atoms with E-state index in [-0.39, 0.29) is 16.9 Å². The van der Waals surface area contributed by atoms with Crippen LogP contribution in [-0.2, 0) is 27.4 Å². The number of benzene rings is 2. The zero-order chi connectivity index (χ0) is 21.2. The molecule has 0 fully saturated rings. The van der Waals surface area contributed by atoms with E-state index in [2.05, 4.69) is 4.98 Å². The number of carbonyl (C=O) groups is 1. The van der Waals surface area contributed by atoms with Crippen molar-refractivity contribution in [1.82, 2.24) is 9.71 Å². The molecule has 0 aliphatic rings. The lowest BCUT2D eigenvalue weighted by molar-refractivity contribution is -0.137. The Kier molecular flexibility index (Phi) is 5.76. The number of halogens is 3. The molecule has 10 heteroatoms. The molecule has 2 aromatic carbocycles. The van der Waals surface area contributed by atoms with E-state index >= 15 is 0 Å². The van der Waals surface area contributed by atoms with Crippen LogP contribution in [0.3, 0.4) is 0 Å². The molecule has 0 atom stereocenters. The monoisotopic (exact) mass is 440 g/mol. The highest BCUT2D eigenvalue weighted by atomic mass is 32.2. The number of amides is 1. The van der Waals surface area contributed by atoms with Crippen molar-refractivity contribution in [3.05, 3.63) is 70.7 Å². The zero-order valence-electron chi connectivity index (χ0n) is 15.0. The summed E-state index contributed by atoms with van der Waals surface area (Å²) in [4.78, 5) is 16.3. The Balaban J connectivity index is 1.73. The standard InChI is InChI=1S/C19H15F3N2O3S2/c1-12-11-28-18(23-12)14-3-2-4-16(10-14)29(26,27)24-17(25)9-13-5-7-15(8-6-13)19(20,21)22/h2-8,10-11H,9H2,1H3,(H,24,25). The summed E-state index contributed by atoms with van der Waals surface area (Å²) in [5, 5.41) is 2.48. The van der Waals surface area contributed by atoms with E-state index in [0.29, 0.717) is 10.6 Å². The number of nitrogens with zero attached hydrogens (tertiary/aromatic N) is 1. The molecule has 0 bridgehead atoms. The largest absolute Gasteiger partial charge is 0.416 e. The van der Waals surface area contributed by atoms with Gasteiger partial charge >= 0.3 is 6.18 Å². The Bertz CT molecular complexity index is 1140. The van der Waals surface area contributed by atoms with Gasteiger partial charge in [0.2, 0.25) is 5.91 Å². The number of carbonyl (C=O) groups excluding carboxylic acids is 1. The van der Waals surface area contributed by atoms with Crippen LogP contribution < -0.4 is 4.72 Å². The average Bonchev–Trinajstić information content (AvgIpc) is 3.07. The first-order chi connectivity index (χ1) is 13.5. The molecule has 0 aliphatic heterocycles. The second kappa shape index (κ2) is 7.96. The van der Waals surface area contributed by atoms with E-state index in [1.54, 1.807) is 12.1 Å². The first-order valence-electron chi connectivity index (χ1n) is 8.29. The van der Waals surface area contributed by atoms with Crippen LogP contribution >= 0.6 is 11.3 Å². The molecule has 0 unspecified atom stereocenters. The molecule has 3 rings (SSSR count). The summed E-state index contributed by atoms with van der Waals surface area (Å²) in [5.41, 5.74) is 0.825. The summed E-state index contributed by atoms with van der Waals surface area (Å²) in [5.74, 6) is -0.847. The van der Waals surface area contributed by atoms with Crippen LogP contribution in [0.2, 0.25) is 0 Å². The summed E-state index contributed by atoms with van der Waals surface area (Å²) >= 11 is 1.37. The molecule has 29 heavy (non-hydrogen) atoms. The van der Waals surface area contributed by atoms with Gasteiger partial charge in [0.05, 0.1) is 16.9 Å². The van der Waals surface area contributed by atoms with Gasteiger partial charge in [-0.3, -0.25) is 4.79 Å². The van der Waals surface area contributed by atoms with Crippen LogP contribution in [0, 0.1) is 6.92 Å². The van der Waals surface area contributed by atoms with Crippen molar-refractivity contribution in [2.24, 2.45) is 0 Å². The molecule has 0 aliphatic carbocycles. The van der Waals surface area contributed by atoms with E-state index in [4.69, 9.17) is 0 Å². The Labute approximate surface area is 169 Å². The van der Waals surface area contributed by atoms with Gasteiger partial charge in [-0.25, -0.2) is 18.1 Å². The number of hydrogen-bond donors (Lipinski definition) is 1. The third-order valence-corrected chi connectivity index (χ3v) is 6.28. The van der Waals surface area contributed by atoms with Gasteiger partial charge in [-0.2, -0.15) is 13.2 Å². The predicted molar refractivity (Wildman–Crippen MR) is 103 cm³/mol. The SMILES string of the molecule is Cc1csc(-c2cccc(S(=O)(=O)NC(=O)Cc3ccc(C(F)(F)F)cc3)c2)n1. The summed E-state index contributed by atoms with van der Waals surface area (Å²) in [6.45, 7) is 1.82. The number of aromatic nitrogens is 1. The summed E-state index contributed by atoms with van der Waals surface area (Å²) in [6, 6.07) is 9.97. The van der Waals surface area contributed by atoms with Gasteiger partial charge in [0.1, 0.15) is 5.01 Å². The van der Waals surface area contributed by atoms with E-state index < -0.39 is 27.7 Å². The highest BCUT2D eigenvalue weighted by Crippen LogP contribution is 2.29. The smallest absolute Gasteiger partial charge is 0.274 e. The third-order valence-electron chi connectivity index (χ3n) is 3.90. The van der Waals surface area contributed by atoms with Crippen molar-refractivity contribution >= 4 is 27.3 Å². The predicted octanol–water partition coefficient (Wildman–Crippen LogP) is 4.18. The molecule has 1 heterocycles. The Morgan fingerprint density at radius 1 is 1.14 bits per heavy atom. The van der Waals surface area contributed by atoms with E-state index in [0.717, 1.165) is 30.0 Å². The quantitative estimate of drug-likeness (QED) is 0.646. The molecule has 3 aromatic rings. The van der Waals surface area contributed by atoms with Gasteiger partial charge in [-0.05, 0) is 36.8 Å². The number of alkyl halides is 3. The average molecular weight is 440 g/mol. The Hall–Kier alpha value is -2.72. The van der Waals surface area contributed by atoms with E-state index in [1.165, 1.54) is 23.5 Å². The fourth-order valence-electron chi connectivity index (χ4n) is 2.52. The van der Waals surface area contributed by atoms with Crippen LogP contribution in [0.4, 0.5) is 13.2 Å². The molecule has 5 nitrogen and oxygen atoms in total. The minimum Gasteiger partial charge on any atom is -0.274 e. The van der Waals surface area contributed by atoms with Gasteiger partial charge in [-0.1, -0.05) is 24.3 Å². The third kappa shape index (κ3) is 5.21. The number of thiazole rings is 1. The lowest BCUT2D eigenvalue weighted by atomic mass is 10.1. The molecule has 152 valence electrons. The minimum atomic E-state index is -4.48. The molecular formula is C19H15F3N2O3S2. The first-order valence-corrected chi connectivity index (χ1v) is 10.7. The number of sulfonamides is 1. The maximum absolute atomic E-state index is 12.6. The lowest BCUT2D eigenvalue weighted by Crippen LogP contribution is -2.31. The molecule has 1 amide bonds. The Morgan fingerprint density at radius 3 is 2.41 bits per heavy atom. The van der Waals surface area contributed by atoms with Gasteiger partial charge < -0.3 is 0 Å². The van der Waals surface area contributed by atoms with E-state index in [9.17, 15) is 26.4 Å². The molecule has 0 saturated heterocycles. The minimum absolute atomic E-state index is 0.108. The highest BCUT2D eigenvalue weighted by molar-refractivity contribution is 7.90. The maximum atomic E-state index is 12.6. The first kappa shape index (κ1) is 21.0. The van der Waals surface area contributed by atoms with Gasteiger partial charge in [-0.15, -0.1) is 11.3 Å². The summed E-state index contributed by atoms with van der Waals surface area (Å²) in [6.07, 6.45) is -4.85.